The van der Waals surface area contributed by atoms with Crippen molar-refractivity contribution in [3.05, 3.63) is 0 Å². The number of hydrogen-bond donors (Lipinski definition) is 3. The average Bonchev–Trinajstić information content (AvgIpc) is 2.01. The zero-order valence-electron chi connectivity index (χ0n) is 9.37. The number of carboxylic acid groups (broad SMARTS) is 1. The number of nitrogens with one attached hydrogen (secondary N) is 1. The van der Waals surface area contributed by atoms with E-state index in [1.54, 1.807) is 13.8 Å². The Kier molecular flexibility index (Phi) is 5.08. The molecule has 0 amide bonds. The molecule has 0 saturated heterocycles. The maximum Gasteiger partial charge on any atom is 0.320 e. The number of aliphatic carboxylic acids is 1. The molecular formula is C10H21NO3. The van der Waals surface area contributed by atoms with Crippen LogP contribution in [-0.2, 0) is 4.79 Å². The van der Waals surface area contributed by atoms with Crippen molar-refractivity contribution in [2.24, 2.45) is 5.92 Å². The van der Waals surface area contributed by atoms with Gasteiger partial charge in [-0.1, -0.05) is 20.3 Å². The molecule has 0 heterocycles. The second kappa shape index (κ2) is 5.32. The number of carboxylic acids is 1. The van der Waals surface area contributed by atoms with Gasteiger partial charge in [0.15, 0.2) is 0 Å². The summed E-state index contributed by atoms with van der Waals surface area (Å²) in [6.07, 6.45) is 0.801. The molecule has 0 unspecified atom stereocenters. The summed E-state index contributed by atoms with van der Waals surface area (Å²) in [5.74, 6) is -0.793. The van der Waals surface area contributed by atoms with Gasteiger partial charge in [0.1, 0.15) is 6.04 Å². The van der Waals surface area contributed by atoms with E-state index in [4.69, 9.17) is 5.11 Å². The first kappa shape index (κ1) is 13.4. The largest absolute Gasteiger partial charge is 0.480 e. The van der Waals surface area contributed by atoms with Gasteiger partial charge in [0, 0.05) is 6.54 Å². The van der Waals surface area contributed by atoms with E-state index in [2.05, 4.69) is 5.32 Å². The highest BCUT2D eigenvalue weighted by atomic mass is 16.4. The van der Waals surface area contributed by atoms with Crippen molar-refractivity contribution in [1.82, 2.24) is 5.32 Å². The molecule has 0 aromatic heterocycles. The third-order valence-corrected chi connectivity index (χ3v) is 2.23. The Bertz CT molecular complexity index is 186. The lowest BCUT2D eigenvalue weighted by atomic mass is 9.98. The fourth-order valence-electron chi connectivity index (χ4n) is 1.13. The fraction of sp³-hybridized carbons (Fsp3) is 0.900. The van der Waals surface area contributed by atoms with Crippen LogP contribution in [0.1, 0.15) is 34.1 Å². The Balaban J connectivity index is 4.18. The lowest BCUT2D eigenvalue weighted by molar-refractivity contribution is -0.141. The lowest BCUT2D eigenvalue weighted by Gasteiger charge is -2.24. The number of rotatable bonds is 6. The van der Waals surface area contributed by atoms with Gasteiger partial charge in [-0.05, 0) is 19.8 Å². The third-order valence-electron chi connectivity index (χ3n) is 2.23. The van der Waals surface area contributed by atoms with Gasteiger partial charge < -0.3 is 15.5 Å². The Labute approximate surface area is 85.3 Å². The van der Waals surface area contributed by atoms with E-state index < -0.39 is 17.6 Å². The quantitative estimate of drug-likeness (QED) is 0.598. The van der Waals surface area contributed by atoms with Gasteiger partial charge in [0.2, 0.25) is 0 Å². The first-order valence-electron chi connectivity index (χ1n) is 4.96. The summed E-state index contributed by atoms with van der Waals surface area (Å²) in [4.78, 5) is 10.9. The zero-order valence-corrected chi connectivity index (χ0v) is 9.37. The van der Waals surface area contributed by atoms with Gasteiger partial charge in [-0.15, -0.1) is 0 Å². The Morgan fingerprint density at radius 1 is 1.50 bits per heavy atom. The van der Waals surface area contributed by atoms with Crippen LogP contribution in [0.15, 0.2) is 0 Å². The molecule has 2 atom stereocenters. The second-order valence-electron chi connectivity index (χ2n) is 4.39. The summed E-state index contributed by atoms with van der Waals surface area (Å²) >= 11 is 0. The van der Waals surface area contributed by atoms with Crippen molar-refractivity contribution in [1.29, 1.82) is 0 Å². The molecule has 0 aliphatic rings. The standard InChI is InChI=1S/C10H21NO3/c1-5-7(2)8(9(12)13)11-6-10(3,4)14/h7-8,11,14H,5-6H2,1-4H3,(H,12,13)/t7-,8-/m0/s1. The van der Waals surface area contributed by atoms with Crippen LogP contribution in [-0.4, -0.2) is 34.4 Å². The molecule has 0 radical (unpaired) electrons. The van der Waals surface area contributed by atoms with Crippen molar-refractivity contribution < 1.29 is 15.0 Å². The van der Waals surface area contributed by atoms with Gasteiger partial charge in [-0.3, -0.25) is 4.79 Å². The number of aliphatic hydroxyl groups is 1. The van der Waals surface area contributed by atoms with Crippen LogP contribution < -0.4 is 5.32 Å². The zero-order chi connectivity index (χ0) is 11.4. The number of hydrogen-bond acceptors (Lipinski definition) is 3. The van der Waals surface area contributed by atoms with Crippen molar-refractivity contribution in [3.8, 4) is 0 Å². The molecule has 0 aromatic carbocycles. The molecule has 0 aromatic rings. The summed E-state index contributed by atoms with van der Waals surface area (Å²) < 4.78 is 0. The smallest absolute Gasteiger partial charge is 0.320 e. The molecular weight excluding hydrogens is 182 g/mol. The molecule has 3 N–H and O–H groups in total. The summed E-state index contributed by atoms with van der Waals surface area (Å²) in [6, 6.07) is -0.577. The molecule has 84 valence electrons. The van der Waals surface area contributed by atoms with E-state index in [1.807, 2.05) is 13.8 Å². The molecule has 0 rings (SSSR count). The van der Waals surface area contributed by atoms with Crippen LogP contribution in [0.2, 0.25) is 0 Å². The van der Waals surface area contributed by atoms with E-state index in [0.717, 1.165) is 6.42 Å². The molecule has 0 saturated carbocycles. The van der Waals surface area contributed by atoms with Gasteiger partial charge in [-0.25, -0.2) is 0 Å². The summed E-state index contributed by atoms with van der Waals surface area (Å²) in [5, 5.41) is 21.2. The van der Waals surface area contributed by atoms with Gasteiger partial charge in [0.05, 0.1) is 5.60 Å². The maximum absolute atomic E-state index is 10.9. The Morgan fingerprint density at radius 2 is 2.00 bits per heavy atom. The van der Waals surface area contributed by atoms with Crippen LogP contribution in [0.4, 0.5) is 0 Å². The third kappa shape index (κ3) is 5.19. The Hall–Kier alpha value is -0.610. The van der Waals surface area contributed by atoms with Crippen LogP contribution in [0.25, 0.3) is 0 Å². The predicted molar refractivity (Wildman–Crippen MR) is 55.2 cm³/mol. The van der Waals surface area contributed by atoms with Crippen molar-refractivity contribution >= 4 is 5.97 Å². The molecule has 0 aliphatic carbocycles. The van der Waals surface area contributed by atoms with Gasteiger partial charge >= 0.3 is 5.97 Å². The summed E-state index contributed by atoms with van der Waals surface area (Å²) in [5.41, 5.74) is -0.874. The van der Waals surface area contributed by atoms with Crippen LogP contribution >= 0.6 is 0 Å². The Morgan fingerprint density at radius 3 is 2.29 bits per heavy atom. The van der Waals surface area contributed by atoms with Crippen molar-refractivity contribution in [2.45, 2.75) is 45.8 Å². The highest BCUT2D eigenvalue weighted by Crippen LogP contribution is 2.09. The van der Waals surface area contributed by atoms with Gasteiger partial charge in [-0.2, -0.15) is 0 Å². The van der Waals surface area contributed by atoms with E-state index in [1.165, 1.54) is 0 Å². The first-order chi connectivity index (χ1) is 6.28. The lowest BCUT2D eigenvalue weighted by Crippen LogP contribution is -2.47. The predicted octanol–water partition coefficient (Wildman–Crippen LogP) is 0.846. The van der Waals surface area contributed by atoms with E-state index in [0.29, 0.717) is 0 Å². The van der Waals surface area contributed by atoms with Gasteiger partial charge in [0.25, 0.3) is 0 Å². The summed E-state index contributed by atoms with van der Waals surface area (Å²) in [6.45, 7) is 7.42. The molecule has 14 heavy (non-hydrogen) atoms. The van der Waals surface area contributed by atoms with E-state index in [-0.39, 0.29) is 12.5 Å². The van der Waals surface area contributed by atoms with Crippen LogP contribution in [0.3, 0.4) is 0 Å². The molecule has 0 fully saturated rings. The SMILES string of the molecule is CC[C@H](C)[C@H](NCC(C)(C)O)C(=O)O. The minimum absolute atomic E-state index is 0.0647. The van der Waals surface area contributed by atoms with Crippen molar-refractivity contribution in [3.63, 3.8) is 0 Å². The highest BCUT2D eigenvalue weighted by molar-refractivity contribution is 5.73. The average molecular weight is 203 g/mol. The minimum Gasteiger partial charge on any atom is -0.480 e. The molecule has 0 aliphatic heterocycles. The van der Waals surface area contributed by atoms with Crippen molar-refractivity contribution in [2.75, 3.05) is 6.54 Å². The van der Waals surface area contributed by atoms with Crippen LogP contribution in [0, 0.1) is 5.92 Å². The molecule has 4 nitrogen and oxygen atoms in total. The topological polar surface area (TPSA) is 69.6 Å². The maximum atomic E-state index is 10.9. The normalized spacial score (nSPS) is 16.4. The minimum atomic E-state index is -0.874. The van der Waals surface area contributed by atoms with E-state index in [9.17, 15) is 9.90 Å². The molecule has 4 heteroatoms. The fourth-order valence-corrected chi connectivity index (χ4v) is 1.13. The van der Waals surface area contributed by atoms with E-state index >= 15 is 0 Å². The second-order valence-corrected chi connectivity index (χ2v) is 4.39. The monoisotopic (exact) mass is 203 g/mol. The van der Waals surface area contributed by atoms with Crippen LogP contribution in [0.5, 0.6) is 0 Å². The first-order valence-corrected chi connectivity index (χ1v) is 4.96. The number of carbonyl (C=O) groups is 1. The highest BCUT2D eigenvalue weighted by Gasteiger charge is 2.25. The molecule has 0 bridgehead atoms. The molecule has 0 spiro atoms. The summed E-state index contributed by atoms with van der Waals surface area (Å²) in [7, 11) is 0.